The number of rotatable bonds is 5. The van der Waals surface area contributed by atoms with E-state index >= 15 is 0 Å². The van der Waals surface area contributed by atoms with Crippen molar-refractivity contribution in [3.05, 3.63) is 0 Å². The Morgan fingerprint density at radius 2 is 2.00 bits per heavy atom. The van der Waals surface area contributed by atoms with E-state index in [1.165, 1.54) is 32.1 Å². The molecular formula is C13H23NO3. The Kier molecular flexibility index (Phi) is 4.05. The third-order valence-corrected chi connectivity index (χ3v) is 4.23. The number of hydrogen-bond donors (Lipinski definition) is 1. The molecule has 1 saturated heterocycles. The standard InChI is InChI=1S/C13H23NO3/c1-17-11(7-12(15)16)8-14-9-13(10-14)5-3-2-4-6-13/h11H,2-10H2,1H3,(H,15,16). The van der Waals surface area contributed by atoms with Gasteiger partial charge in [0.2, 0.25) is 0 Å². The molecule has 2 fully saturated rings. The number of carbonyl (C=O) groups is 1. The van der Waals surface area contributed by atoms with Crippen molar-refractivity contribution in [3.8, 4) is 0 Å². The lowest BCUT2D eigenvalue weighted by atomic mass is 9.68. The molecule has 0 bridgehead atoms. The topological polar surface area (TPSA) is 49.8 Å². The van der Waals surface area contributed by atoms with Gasteiger partial charge in [0.25, 0.3) is 0 Å². The van der Waals surface area contributed by atoms with Gasteiger partial charge in [-0.15, -0.1) is 0 Å². The molecule has 4 nitrogen and oxygen atoms in total. The minimum absolute atomic E-state index is 0.111. The first-order valence-electron chi connectivity index (χ1n) is 6.60. The number of aliphatic carboxylic acids is 1. The first-order chi connectivity index (χ1) is 8.13. The van der Waals surface area contributed by atoms with Crippen molar-refractivity contribution in [2.45, 2.75) is 44.6 Å². The van der Waals surface area contributed by atoms with Gasteiger partial charge in [0, 0.05) is 26.7 Å². The summed E-state index contributed by atoms with van der Waals surface area (Å²) in [4.78, 5) is 13.0. The minimum atomic E-state index is -0.773. The van der Waals surface area contributed by atoms with Crippen LogP contribution in [0.5, 0.6) is 0 Å². The van der Waals surface area contributed by atoms with E-state index in [0.29, 0.717) is 5.41 Å². The number of nitrogens with zero attached hydrogens (tertiary/aromatic N) is 1. The summed E-state index contributed by atoms with van der Waals surface area (Å²) in [5, 5.41) is 8.76. The Labute approximate surface area is 103 Å². The maximum Gasteiger partial charge on any atom is 0.306 e. The largest absolute Gasteiger partial charge is 0.481 e. The van der Waals surface area contributed by atoms with Crippen LogP contribution in [-0.4, -0.2) is 48.8 Å². The number of carboxylic acid groups (broad SMARTS) is 1. The van der Waals surface area contributed by atoms with Gasteiger partial charge in [-0.3, -0.25) is 9.69 Å². The fourth-order valence-electron chi connectivity index (χ4n) is 3.35. The molecule has 2 aliphatic rings. The molecule has 2 rings (SSSR count). The van der Waals surface area contributed by atoms with E-state index in [0.717, 1.165) is 19.6 Å². The van der Waals surface area contributed by atoms with E-state index in [-0.39, 0.29) is 12.5 Å². The minimum Gasteiger partial charge on any atom is -0.481 e. The summed E-state index contributed by atoms with van der Waals surface area (Å²) < 4.78 is 5.22. The van der Waals surface area contributed by atoms with E-state index in [4.69, 9.17) is 9.84 Å². The highest BCUT2D eigenvalue weighted by atomic mass is 16.5. The van der Waals surface area contributed by atoms with Crippen LogP contribution < -0.4 is 0 Å². The average molecular weight is 241 g/mol. The molecule has 0 aromatic carbocycles. The second kappa shape index (κ2) is 5.36. The van der Waals surface area contributed by atoms with Crippen molar-refractivity contribution in [2.75, 3.05) is 26.7 Å². The summed E-state index contributed by atoms with van der Waals surface area (Å²) in [5.74, 6) is -0.773. The van der Waals surface area contributed by atoms with Crippen molar-refractivity contribution in [1.82, 2.24) is 4.90 Å². The van der Waals surface area contributed by atoms with Gasteiger partial charge in [-0.1, -0.05) is 19.3 Å². The molecule has 1 saturated carbocycles. The van der Waals surface area contributed by atoms with Gasteiger partial charge in [-0.2, -0.15) is 0 Å². The van der Waals surface area contributed by atoms with E-state index in [9.17, 15) is 4.79 Å². The fraction of sp³-hybridized carbons (Fsp3) is 0.923. The van der Waals surface area contributed by atoms with Crippen molar-refractivity contribution < 1.29 is 14.6 Å². The lowest BCUT2D eigenvalue weighted by molar-refractivity contribution is -0.141. The highest BCUT2D eigenvalue weighted by Crippen LogP contribution is 2.43. The highest BCUT2D eigenvalue weighted by Gasteiger charge is 2.43. The molecule has 1 unspecified atom stereocenters. The van der Waals surface area contributed by atoms with E-state index in [1.54, 1.807) is 7.11 Å². The molecule has 1 aliphatic carbocycles. The van der Waals surface area contributed by atoms with Gasteiger partial charge in [0.15, 0.2) is 0 Å². The van der Waals surface area contributed by atoms with Crippen LogP contribution in [0.25, 0.3) is 0 Å². The number of ether oxygens (including phenoxy) is 1. The number of hydrogen-bond acceptors (Lipinski definition) is 3. The maximum absolute atomic E-state index is 10.7. The number of methoxy groups -OCH3 is 1. The predicted octanol–water partition coefficient (Wildman–Crippen LogP) is 1.74. The monoisotopic (exact) mass is 241 g/mol. The van der Waals surface area contributed by atoms with Crippen LogP contribution in [0.15, 0.2) is 0 Å². The first kappa shape index (κ1) is 12.8. The average Bonchev–Trinajstić information content (AvgIpc) is 2.26. The zero-order valence-electron chi connectivity index (χ0n) is 10.7. The molecule has 0 radical (unpaired) electrons. The third kappa shape index (κ3) is 3.19. The summed E-state index contributed by atoms with van der Waals surface area (Å²) in [7, 11) is 1.60. The van der Waals surface area contributed by atoms with Crippen molar-refractivity contribution in [1.29, 1.82) is 0 Å². The molecule has 0 aromatic heterocycles. The van der Waals surface area contributed by atoms with Crippen LogP contribution >= 0.6 is 0 Å². The molecular weight excluding hydrogens is 218 g/mol. The van der Waals surface area contributed by atoms with Gasteiger partial charge < -0.3 is 9.84 Å². The van der Waals surface area contributed by atoms with Gasteiger partial charge >= 0.3 is 5.97 Å². The Bertz CT molecular complexity index is 266. The molecule has 1 spiro atoms. The van der Waals surface area contributed by atoms with E-state index < -0.39 is 5.97 Å². The SMILES string of the molecule is COC(CC(=O)O)CN1CC2(CCCCC2)C1. The quantitative estimate of drug-likeness (QED) is 0.796. The van der Waals surface area contributed by atoms with Gasteiger partial charge in [-0.05, 0) is 18.3 Å². The number of likely N-dealkylation sites (tertiary alicyclic amines) is 1. The maximum atomic E-state index is 10.7. The smallest absolute Gasteiger partial charge is 0.306 e. The molecule has 1 aliphatic heterocycles. The van der Waals surface area contributed by atoms with Crippen LogP contribution in [0.4, 0.5) is 0 Å². The predicted molar refractivity (Wildman–Crippen MR) is 65.0 cm³/mol. The van der Waals surface area contributed by atoms with Crippen LogP contribution in [0, 0.1) is 5.41 Å². The lowest BCUT2D eigenvalue weighted by Crippen LogP contribution is -2.58. The second-order valence-electron chi connectivity index (χ2n) is 5.69. The highest BCUT2D eigenvalue weighted by molar-refractivity contribution is 5.67. The Morgan fingerprint density at radius 3 is 2.53 bits per heavy atom. The first-order valence-corrected chi connectivity index (χ1v) is 6.60. The summed E-state index contributed by atoms with van der Waals surface area (Å²) in [5.41, 5.74) is 0.569. The third-order valence-electron chi connectivity index (χ3n) is 4.23. The zero-order valence-corrected chi connectivity index (χ0v) is 10.7. The van der Waals surface area contributed by atoms with E-state index in [2.05, 4.69) is 4.90 Å². The Morgan fingerprint density at radius 1 is 1.35 bits per heavy atom. The summed E-state index contributed by atoms with van der Waals surface area (Å²) >= 11 is 0. The molecule has 17 heavy (non-hydrogen) atoms. The van der Waals surface area contributed by atoms with Crippen molar-refractivity contribution in [2.24, 2.45) is 5.41 Å². The summed E-state index contributed by atoms with van der Waals surface area (Å²) in [6.07, 6.45) is 6.81. The van der Waals surface area contributed by atoms with Gasteiger partial charge in [0.05, 0.1) is 12.5 Å². The molecule has 0 aromatic rings. The fourth-order valence-corrected chi connectivity index (χ4v) is 3.35. The molecule has 0 amide bonds. The zero-order chi connectivity index (χ0) is 12.3. The molecule has 1 N–H and O–H groups in total. The van der Waals surface area contributed by atoms with Crippen LogP contribution in [0.1, 0.15) is 38.5 Å². The van der Waals surface area contributed by atoms with Crippen molar-refractivity contribution in [3.63, 3.8) is 0 Å². The van der Waals surface area contributed by atoms with Crippen LogP contribution in [-0.2, 0) is 9.53 Å². The van der Waals surface area contributed by atoms with Crippen LogP contribution in [0.3, 0.4) is 0 Å². The molecule has 1 atom stereocenters. The van der Waals surface area contributed by atoms with E-state index in [1.807, 2.05) is 0 Å². The Balaban J connectivity index is 1.73. The Hall–Kier alpha value is -0.610. The lowest BCUT2D eigenvalue weighted by Gasteiger charge is -2.53. The van der Waals surface area contributed by atoms with Crippen molar-refractivity contribution >= 4 is 5.97 Å². The number of carboxylic acids is 1. The van der Waals surface area contributed by atoms with Crippen LogP contribution in [0.2, 0.25) is 0 Å². The molecule has 98 valence electrons. The van der Waals surface area contributed by atoms with Gasteiger partial charge in [-0.25, -0.2) is 0 Å². The summed E-state index contributed by atoms with van der Waals surface area (Å²) in [6.45, 7) is 3.06. The normalized spacial score (nSPS) is 25.5. The molecule has 1 heterocycles. The second-order valence-corrected chi connectivity index (χ2v) is 5.69. The molecule has 4 heteroatoms. The summed E-state index contributed by atoms with van der Waals surface area (Å²) in [6, 6.07) is 0. The van der Waals surface area contributed by atoms with Gasteiger partial charge in [0.1, 0.15) is 0 Å².